The van der Waals surface area contributed by atoms with Crippen LogP contribution in [-0.2, 0) is 0 Å². The minimum absolute atomic E-state index is 0.504. The minimum Gasteiger partial charge on any atom is -0.327 e. The van der Waals surface area contributed by atoms with E-state index < -0.39 is 0 Å². The van der Waals surface area contributed by atoms with Crippen LogP contribution >= 0.6 is 0 Å². The first kappa shape index (κ1) is 15.4. The quantitative estimate of drug-likeness (QED) is 0.623. The SMILES string of the molecule is CCCCCCCC(N)C1CCC2CCCCC2C1. The largest absolute Gasteiger partial charge is 0.327 e. The first-order valence-electron chi connectivity index (χ1n) is 9.06. The monoisotopic (exact) mass is 265 g/mol. The number of hydrogen-bond acceptors (Lipinski definition) is 1. The molecule has 1 nitrogen and oxygen atoms in total. The Labute approximate surface area is 120 Å². The average Bonchev–Trinajstić information content (AvgIpc) is 2.46. The van der Waals surface area contributed by atoms with Gasteiger partial charge in [-0.1, -0.05) is 64.7 Å². The van der Waals surface area contributed by atoms with Gasteiger partial charge in [-0.2, -0.15) is 0 Å². The van der Waals surface area contributed by atoms with Gasteiger partial charge in [0.2, 0.25) is 0 Å². The van der Waals surface area contributed by atoms with Crippen molar-refractivity contribution in [2.75, 3.05) is 0 Å². The molecule has 0 saturated heterocycles. The van der Waals surface area contributed by atoms with Gasteiger partial charge < -0.3 is 5.73 Å². The van der Waals surface area contributed by atoms with Crippen molar-refractivity contribution in [1.82, 2.24) is 0 Å². The van der Waals surface area contributed by atoms with Crippen LogP contribution in [0, 0.1) is 17.8 Å². The van der Waals surface area contributed by atoms with Gasteiger partial charge in [0.05, 0.1) is 0 Å². The van der Waals surface area contributed by atoms with Crippen LogP contribution in [-0.4, -0.2) is 6.04 Å². The van der Waals surface area contributed by atoms with Crippen LogP contribution in [0.2, 0.25) is 0 Å². The van der Waals surface area contributed by atoms with Crippen LogP contribution in [0.1, 0.15) is 90.4 Å². The summed E-state index contributed by atoms with van der Waals surface area (Å²) in [5.41, 5.74) is 6.48. The zero-order valence-corrected chi connectivity index (χ0v) is 13.1. The van der Waals surface area contributed by atoms with E-state index in [0.29, 0.717) is 6.04 Å². The number of nitrogens with two attached hydrogens (primary N) is 1. The molecule has 2 aliphatic rings. The smallest absolute Gasteiger partial charge is 0.00672 e. The van der Waals surface area contributed by atoms with Crippen molar-refractivity contribution in [2.24, 2.45) is 23.5 Å². The standard InChI is InChI=1S/C18H35N/c1-2-3-4-5-6-11-18(19)17-13-12-15-9-7-8-10-16(15)14-17/h15-18H,2-14,19H2,1H3. The molecule has 2 saturated carbocycles. The normalized spacial score (nSPS) is 32.8. The maximum Gasteiger partial charge on any atom is 0.00672 e. The highest BCUT2D eigenvalue weighted by atomic mass is 14.7. The summed E-state index contributed by atoms with van der Waals surface area (Å²) in [7, 11) is 0. The topological polar surface area (TPSA) is 26.0 Å². The van der Waals surface area contributed by atoms with Gasteiger partial charge in [0.1, 0.15) is 0 Å². The molecule has 0 bridgehead atoms. The number of unbranched alkanes of at least 4 members (excludes halogenated alkanes) is 4. The van der Waals surface area contributed by atoms with Gasteiger partial charge in [0, 0.05) is 6.04 Å². The second-order valence-corrected chi connectivity index (χ2v) is 7.24. The molecule has 0 aromatic carbocycles. The van der Waals surface area contributed by atoms with Crippen molar-refractivity contribution >= 4 is 0 Å². The lowest BCUT2D eigenvalue weighted by molar-refractivity contribution is 0.115. The summed E-state index contributed by atoms with van der Waals surface area (Å²) in [6, 6.07) is 0.504. The molecule has 0 heterocycles. The molecule has 0 aromatic heterocycles. The minimum atomic E-state index is 0.504. The first-order valence-corrected chi connectivity index (χ1v) is 9.06. The summed E-state index contributed by atoms with van der Waals surface area (Å²) in [6.45, 7) is 2.29. The summed E-state index contributed by atoms with van der Waals surface area (Å²) in [4.78, 5) is 0. The highest BCUT2D eigenvalue weighted by molar-refractivity contribution is 4.87. The zero-order valence-electron chi connectivity index (χ0n) is 13.1. The van der Waals surface area contributed by atoms with Crippen molar-refractivity contribution in [2.45, 2.75) is 96.4 Å². The summed E-state index contributed by atoms with van der Waals surface area (Å²) < 4.78 is 0. The van der Waals surface area contributed by atoms with E-state index in [1.807, 2.05) is 0 Å². The van der Waals surface area contributed by atoms with Crippen molar-refractivity contribution in [1.29, 1.82) is 0 Å². The summed E-state index contributed by atoms with van der Waals surface area (Å²) in [6.07, 6.45) is 18.6. The summed E-state index contributed by atoms with van der Waals surface area (Å²) in [5.74, 6) is 2.96. The molecule has 2 rings (SSSR count). The van der Waals surface area contributed by atoms with E-state index in [4.69, 9.17) is 5.73 Å². The van der Waals surface area contributed by atoms with Crippen LogP contribution in [0.3, 0.4) is 0 Å². The van der Waals surface area contributed by atoms with E-state index in [-0.39, 0.29) is 0 Å². The van der Waals surface area contributed by atoms with Gasteiger partial charge in [-0.05, 0) is 43.4 Å². The van der Waals surface area contributed by atoms with E-state index in [2.05, 4.69) is 6.92 Å². The number of fused-ring (bicyclic) bond motifs is 1. The van der Waals surface area contributed by atoms with Gasteiger partial charge >= 0.3 is 0 Å². The lowest BCUT2D eigenvalue weighted by Crippen LogP contribution is -2.37. The molecule has 4 atom stereocenters. The second-order valence-electron chi connectivity index (χ2n) is 7.24. The molecular formula is C18H35N. The van der Waals surface area contributed by atoms with Gasteiger partial charge in [0.15, 0.2) is 0 Å². The fourth-order valence-electron chi connectivity index (χ4n) is 4.52. The van der Waals surface area contributed by atoms with Crippen molar-refractivity contribution < 1.29 is 0 Å². The lowest BCUT2D eigenvalue weighted by Gasteiger charge is -2.41. The van der Waals surface area contributed by atoms with Crippen LogP contribution in [0.15, 0.2) is 0 Å². The Hall–Kier alpha value is -0.0400. The predicted octanol–water partition coefficient (Wildman–Crippen LogP) is 5.28. The average molecular weight is 265 g/mol. The van der Waals surface area contributed by atoms with Gasteiger partial charge in [-0.15, -0.1) is 0 Å². The fraction of sp³-hybridized carbons (Fsp3) is 1.00. The number of rotatable bonds is 7. The molecule has 0 radical (unpaired) electrons. The molecule has 1 heteroatoms. The van der Waals surface area contributed by atoms with Gasteiger partial charge in [-0.25, -0.2) is 0 Å². The third kappa shape index (κ3) is 4.77. The van der Waals surface area contributed by atoms with E-state index >= 15 is 0 Å². The molecule has 2 N–H and O–H groups in total. The van der Waals surface area contributed by atoms with Crippen LogP contribution in [0.25, 0.3) is 0 Å². The highest BCUT2D eigenvalue weighted by Gasteiger charge is 2.33. The molecule has 2 fully saturated rings. The third-order valence-corrected chi connectivity index (χ3v) is 5.83. The zero-order chi connectivity index (χ0) is 13.5. The molecule has 2 aliphatic carbocycles. The first-order chi connectivity index (χ1) is 9.31. The second kappa shape index (κ2) is 8.29. The third-order valence-electron chi connectivity index (χ3n) is 5.83. The Morgan fingerprint density at radius 1 is 0.895 bits per heavy atom. The molecule has 112 valence electrons. The molecule has 0 aromatic rings. The van der Waals surface area contributed by atoms with Crippen molar-refractivity contribution in [3.8, 4) is 0 Å². The molecule has 4 unspecified atom stereocenters. The van der Waals surface area contributed by atoms with Gasteiger partial charge in [-0.3, -0.25) is 0 Å². The fourth-order valence-corrected chi connectivity index (χ4v) is 4.52. The van der Waals surface area contributed by atoms with Crippen LogP contribution in [0.5, 0.6) is 0 Å². The molecule has 0 spiro atoms. The van der Waals surface area contributed by atoms with E-state index in [0.717, 1.165) is 17.8 Å². The maximum atomic E-state index is 6.48. The maximum absolute atomic E-state index is 6.48. The molecular weight excluding hydrogens is 230 g/mol. The number of hydrogen-bond donors (Lipinski definition) is 1. The Morgan fingerprint density at radius 2 is 1.63 bits per heavy atom. The molecule has 0 aliphatic heterocycles. The van der Waals surface area contributed by atoms with Crippen molar-refractivity contribution in [3.05, 3.63) is 0 Å². The van der Waals surface area contributed by atoms with Crippen LogP contribution < -0.4 is 5.73 Å². The predicted molar refractivity (Wildman–Crippen MR) is 84.1 cm³/mol. The molecule has 19 heavy (non-hydrogen) atoms. The summed E-state index contributed by atoms with van der Waals surface area (Å²) in [5, 5.41) is 0. The Balaban J connectivity index is 1.64. The highest BCUT2D eigenvalue weighted by Crippen LogP contribution is 2.43. The van der Waals surface area contributed by atoms with Crippen LogP contribution in [0.4, 0.5) is 0 Å². The van der Waals surface area contributed by atoms with E-state index in [1.54, 1.807) is 0 Å². The molecule has 0 amide bonds. The Morgan fingerprint density at radius 3 is 2.42 bits per heavy atom. The van der Waals surface area contributed by atoms with E-state index in [1.165, 1.54) is 83.5 Å². The Bertz CT molecular complexity index is 238. The van der Waals surface area contributed by atoms with E-state index in [9.17, 15) is 0 Å². The Kier molecular flexibility index (Phi) is 6.70. The van der Waals surface area contributed by atoms with Crippen molar-refractivity contribution in [3.63, 3.8) is 0 Å². The lowest BCUT2D eigenvalue weighted by atomic mass is 9.66. The van der Waals surface area contributed by atoms with Gasteiger partial charge in [0.25, 0.3) is 0 Å². The summed E-state index contributed by atoms with van der Waals surface area (Å²) >= 11 is 0.